The van der Waals surface area contributed by atoms with Crippen LogP contribution < -0.4 is 9.64 Å². The molecule has 1 aromatic carbocycles. The molecule has 0 aliphatic carbocycles. The third-order valence-corrected chi connectivity index (χ3v) is 6.25. The fourth-order valence-corrected chi connectivity index (χ4v) is 4.21. The molecule has 1 saturated heterocycles. The second kappa shape index (κ2) is 11.4. The normalized spacial score (nSPS) is 15.0. The van der Waals surface area contributed by atoms with Crippen LogP contribution in [0.2, 0.25) is 5.28 Å². The van der Waals surface area contributed by atoms with E-state index in [0.29, 0.717) is 31.9 Å². The lowest BCUT2D eigenvalue weighted by molar-refractivity contribution is -0.389. The van der Waals surface area contributed by atoms with Gasteiger partial charge in [-0.1, -0.05) is 0 Å². The van der Waals surface area contributed by atoms with Gasteiger partial charge in [-0.05, 0) is 79.0 Å². The Morgan fingerprint density at radius 3 is 2.58 bits per heavy atom. The lowest BCUT2D eigenvalue weighted by Crippen LogP contribution is -2.50. The number of anilines is 1. The topological polar surface area (TPSA) is 136 Å². The minimum Gasteiger partial charge on any atom is -0.491 e. The quantitative estimate of drug-likeness (QED) is 0.329. The van der Waals surface area contributed by atoms with Crippen molar-refractivity contribution in [2.24, 2.45) is 0 Å². The average Bonchev–Trinajstić information content (AvgIpc) is 3.25. The number of aryl methyl sites for hydroxylation is 1. The number of imidazole rings is 1. The largest absolute Gasteiger partial charge is 0.491 e. The van der Waals surface area contributed by atoms with Gasteiger partial charge < -0.3 is 34.5 Å². The maximum absolute atomic E-state index is 12.3. The number of fused-ring (bicyclic) bond motifs is 1. The van der Waals surface area contributed by atoms with Crippen LogP contribution in [0.3, 0.4) is 0 Å². The SMILES string of the molecule is CC(C)(C)OC(=O)N1CCN(c2ccc3cc(OCC(O)CCn4cc([N+](=O)[O-])nc4Cl)ccc3n2)CC1. The monoisotopic (exact) mass is 546 g/mol. The van der Waals surface area contributed by atoms with E-state index in [4.69, 9.17) is 26.1 Å². The van der Waals surface area contributed by atoms with E-state index in [1.165, 1.54) is 10.8 Å². The second-order valence-electron chi connectivity index (χ2n) is 10.1. The summed E-state index contributed by atoms with van der Waals surface area (Å²) in [6.07, 6.45) is 0.424. The molecule has 1 amide bonds. The number of aliphatic hydroxyl groups is 1. The molecule has 4 rings (SSSR count). The minimum absolute atomic E-state index is 0.00358. The van der Waals surface area contributed by atoms with E-state index in [0.717, 1.165) is 16.7 Å². The van der Waals surface area contributed by atoms with Crippen LogP contribution >= 0.6 is 11.6 Å². The van der Waals surface area contributed by atoms with Crippen molar-refractivity contribution in [3.8, 4) is 5.75 Å². The van der Waals surface area contributed by atoms with Gasteiger partial charge in [0.25, 0.3) is 0 Å². The van der Waals surface area contributed by atoms with E-state index in [9.17, 15) is 20.0 Å². The molecular weight excluding hydrogens is 516 g/mol. The Kier molecular flexibility index (Phi) is 8.22. The molecular formula is C25H31ClN6O6. The van der Waals surface area contributed by atoms with Crippen LogP contribution in [-0.2, 0) is 11.3 Å². The number of hydrogen-bond acceptors (Lipinski definition) is 9. The summed E-state index contributed by atoms with van der Waals surface area (Å²) in [5.74, 6) is 1.09. The summed E-state index contributed by atoms with van der Waals surface area (Å²) < 4.78 is 12.6. The number of benzene rings is 1. The number of hydrogen-bond donors (Lipinski definition) is 1. The third kappa shape index (κ3) is 7.01. The van der Waals surface area contributed by atoms with E-state index >= 15 is 0 Å². The van der Waals surface area contributed by atoms with Crippen LogP contribution in [0.1, 0.15) is 27.2 Å². The molecule has 1 fully saturated rings. The van der Waals surface area contributed by atoms with Gasteiger partial charge in [0, 0.05) is 38.1 Å². The van der Waals surface area contributed by atoms with Crippen molar-refractivity contribution in [1.29, 1.82) is 0 Å². The van der Waals surface area contributed by atoms with E-state index in [1.54, 1.807) is 11.0 Å². The fraction of sp³-hybridized carbons (Fsp3) is 0.480. The summed E-state index contributed by atoms with van der Waals surface area (Å²) in [5, 5.41) is 22.0. The molecule has 2 aromatic heterocycles. The number of halogens is 1. The van der Waals surface area contributed by atoms with Gasteiger partial charge in [-0.3, -0.25) is 4.57 Å². The Hall–Kier alpha value is -3.64. The molecule has 1 N–H and O–H groups in total. The van der Waals surface area contributed by atoms with Crippen LogP contribution in [0.25, 0.3) is 10.9 Å². The summed E-state index contributed by atoms with van der Waals surface area (Å²) >= 11 is 5.91. The van der Waals surface area contributed by atoms with Crippen molar-refractivity contribution in [2.45, 2.75) is 45.4 Å². The zero-order valence-corrected chi connectivity index (χ0v) is 22.3. The summed E-state index contributed by atoms with van der Waals surface area (Å²) in [6, 6.07) is 9.42. The lowest BCUT2D eigenvalue weighted by atomic mass is 10.2. The average molecular weight is 547 g/mol. The van der Waals surface area contributed by atoms with Gasteiger partial charge in [0.15, 0.2) is 0 Å². The highest BCUT2D eigenvalue weighted by Crippen LogP contribution is 2.24. The van der Waals surface area contributed by atoms with Gasteiger partial charge in [0.05, 0.1) is 11.6 Å². The number of piperazine rings is 1. The number of rotatable bonds is 8. The number of aliphatic hydroxyl groups excluding tert-OH is 1. The standard InChI is InChI=1S/C25H31ClN6O6/c1-25(2,3)38-24(34)30-12-10-29(11-13-30)21-7-4-17-14-19(5-6-20(17)27-21)37-16-18(33)8-9-31-15-22(32(35)36)28-23(31)26/h4-7,14-15,18,33H,8-13,16H2,1-3H3. The highest BCUT2D eigenvalue weighted by atomic mass is 35.5. The first-order chi connectivity index (χ1) is 18.0. The molecule has 1 unspecified atom stereocenters. The van der Waals surface area contributed by atoms with E-state index in [-0.39, 0.29) is 36.8 Å². The Labute approximate surface area is 224 Å². The molecule has 3 aromatic rings. The number of ether oxygens (including phenoxy) is 2. The molecule has 1 aliphatic rings. The Bertz CT molecular complexity index is 1300. The first-order valence-corrected chi connectivity index (χ1v) is 12.7. The van der Waals surface area contributed by atoms with Crippen LogP contribution in [-0.4, -0.2) is 80.0 Å². The number of nitro groups is 1. The van der Waals surface area contributed by atoms with Gasteiger partial charge in [0.2, 0.25) is 0 Å². The molecule has 12 nitrogen and oxygen atoms in total. The zero-order valence-electron chi connectivity index (χ0n) is 21.5. The van der Waals surface area contributed by atoms with Crippen LogP contribution in [0.4, 0.5) is 16.4 Å². The number of amides is 1. The maximum atomic E-state index is 12.3. The summed E-state index contributed by atoms with van der Waals surface area (Å²) in [6.45, 7) is 8.33. The number of carbonyl (C=O) groups excluding carboxylic acids is 1. The predicted octanol–water partition coefficient (Wildman–Crippen LogP) is 3.88. The molecule has 38 heavy (non-hydrogen) atoms. The molecule has 0 saturated carbocycles. The molecule has 0 radical (unpaired) electrons. The molecule has 0 spiro atoms. The lowest BCUT2D eigenvalue weighted by Gasteiger charge is -2.36. The van der Waals surface area contributed by atoms with E-state index in [2.05, 4.69) is 9.88 Å². The molecule has 3 heterocycles. The molecule has 204 valence electrons. The molecule has 1 atom stereocenters. The summed E-state index contributed by atoms with van der Waals surface area (Å²) in [5.41, 5.74) is 0.288. The first-order valence-electron chi connectivity index (χ1n) is 12.3. The molecule has 13 heteroatoms. The molecule has 0 bridgehead atoms. The maximum Gasteiger partial charge on any atom is 0.410 e. The zero-order chi connectivity index (χ0) is 27.4. The van der Waals surface area contributed by atoms with Gasteiger partial charge in [-0.2, -0.15) is 0 Å². The Balaban J connectivity index is 1.28. The van der Waals surface area contributed by atoms with Crippen LogP contribution in [0.15, 0.2) is 36.5 Å². The Morgan fingerprint density at radius 1 is 1.18 bits per heavy atom. The highest BCUT2D eigenvalue weighted by Gasteiger charge is 2.26. The van der Waals surface area contributed by atoms with Gasteiger partial charge in [-0.25, -0.2) is 9.78 Å². The summed E-state index contributed by atoms with van der Waals surface area (Å²) in [7, 11) is 0. The van der Waals surface area contributed by atoms with Crippen molar-refractivity contribution in [2.75, 3.05) is 37.7 Å². The van der Waals surface area contributed by atoms with Gasteiger partial charge in [0.1, 0.15) is 30.0 Å². The van der Waals surface area contributed by atoms with E-state index in [1.807, 2.05) is 45.0 Å². The van der Waals surface area contributed by atoms with E-state index < -0.39 is 16.6 Å². The third-order valence-electron chi connectivity index (χ3n) is 5.95. The number of nitrogens with zero attached hydrogens (tertiary/aromatic N) is 6. The fourth-order valence-electron chi connectivity index (χ4n) is 3.99. The smallest absolute Gasteiger partial charge is 0.410 e. The second-order valence-corrected chi connectivity index (χ2v) is 10.4. The minimum atomic E-state index is -0.803. The number of carbonyl (C=O) groups is 1. The van der Waals surface area contributed by atoms with Crippen molar-refractivity contribution in [1.82, 2.24) is 19.4 Å². The predicted molar refractivity (Wildman–Crippen MR) is 142 cm³/mol. The highest BCUT2D eigenvalue weighted by molar-refractivity contribution is 6.28. The van der Waals surface area contributed by atoms with Crippen molar-refractivity contribution in [3.63, 3.8) is 0 Å². The first kappa shape index (κ1) is 27.4. The summed E-state index contributed by atoms with van der Waals surface area (Å²) in [4.78, 5) is 34.8. The van der Waals surface area contributed by atoms with Crippen molar-refractivity contribution < 1.29 is 24.3 Å². The molecule has 1 aliphatic heterocycles. The van der Waals surface area contributed by atoms with Gasteiger partial charge >= 0.3 is 17.2 Å². The number of aromatic nitrogens is 3. The van der Waals surface area contributed by atoms with Gasteiger partial charge in [-0.15, -0.1) is 0 Å². The Morgan fingerprint density at radius 2 is 1.92 bits per heavy atom. The van der Waals surface area contributed by atoms with Crippen LogP contribution in [0.5, 0.6) is 5.75 Å². The van der Waals surface area contributed by atoms with Crippen molar-refractivity contribution >= 4 is 40.2 Å². The number of pyridine rings is 1. The van der Waals surface area contributed by atoms with Crippen LogP contribution in [0, 0.1) is 10.1 Å². The van der Waals surface area contributed by atoms with Crippen molar-refractivity contribution in [3.05, 3.63) is 51.9 Å².